The Morgan fingerprint density at radius 3 is 1.41 bits per heavy atom. The maximum absolute atomic E-state index is 8.74. The summed E-state index contributed by atoms with van der Waals surface area (Å²) >= 11 is 0. The summed E-state index contributed by atoms with van der Waals surface area (Å²) in [6, 6.07) is 0. The summed E-state index contributed by atoms with van der Waals surface area (Å²) in [6.45, 7) is 2.61. The van der Waals surface area contributed by atoms with Gasteiger partial charge in [0, 0.05) is 6.61 Å². The van der Waals surface area contributed by atoms with Crippen LogP contribution in [0, 0.1) is 0 Å². The van der Waals surface area contributed by atoms with E-state index in [9.17, 15) is 0 Å². The van der Waals surface area contributed by atoms with E-state index in [1.165, 1.54) is 44.9 Å². The first-order valence-electron chi connectivity index (χ1n) is 5.72. The zero-order chi connectivity index (χ0) is 12.9. The van der Waals surface area contributed by atoms with Crippen molar-refractivity contribution in [2.24, 2.45) is 0 Å². The number of rotatable bonds is 8. The third-order valence-electron chi connectivity index (χ3n) is 2.01. The van der Waals surface area contributed by atoms with Gasteiger partial charge in [-0.2, -0.15) is 8.42 Å². The standard InChI is InChI=1S/C10H22O.Na.H2O4S.H/c1-2-3-4-5-6-7-8-9-10-11;;1-5(2,3)4;/h11H,2-10H2,1H3;;(H2,1,2,3,4);. The number of unbranched alkanes of at least 4 members (excludes halogenated alkanes) is 7. The predicted octanol–water partition coefficient (Wildman–Crippen LogP) is 1.82. The molecule has 0 aliphatic rings. The first-order valence-corrected chi connectivity index (χ1v) is 7.12. The third kappa shape index (κ3) is 47.5. The molecule has 0 amide bonds. The molecule has 17 heavy (non-hydrogen) atoms. The first-order chi connectivity index (χ1) is 7.41. The van der Waals surface area contributed by atoms with Crippen molar-refractivity contribution in [2.45, 2.75) is 58.3 Å². The Hall–Kier alpha value is 0.830. The molecular formula is C10H25NaO5S. The van der Waals surface area contributed by atoms with Gasteiger partial charge in [-0.1, -0.05) is 51.9 Å². The van der Waals surface area contributed by atoms with E-state index in [0.29, 0.717) is 6.61 Å². The Morgan fingerprint density at radius 1 is 0.824 bits per heavy atom. The van der Waals surface area contributed by atoms with E-state index in [0.717, 1.165) is 6.42 Å². The second-order valence-electron chi connectivity index (χ2n) is 3.65. The Bertz CT molecular complexity index is 203. The third-order valence-corrected chi connectivity index (χ3v) is 2.01. The van der Waals surface area contributed by atoms with Crippen LogP contribution in [0.1, 0.15) is 58.3 Å². The monoisotopic (exact) mass is 280 g/mol. The summed E-state index contributed by atoms with van der Waals surface area (Å²) in [6.07, 6.45) is 10.4. The van der Waals surface area contributed by atoms with Crippen molar-refractivity contribution in [2.75, 3.05) is 6.61 Å². The number of hydrogen-bond acceptors (Lipinski definition) is 3. The van der Waals surface area contributed by atoms with Crippen LogP contribution in [-0.2, 0) is 10.4 Å². The molecule has 5 nitrogen and oxygen atoms in total. The summed E-state index contributed by atoms with van der Waals surface area (Å²) < 4.78 is 31.6. The second-order valence-corrected chi connectivity index (χ2v) is 4.54. The molecule has 0 saturated heterocycles. The fourth-order valence-corrected chi connectivity index (χ4v) is 1.25. The number of hydrogen-bond donors (Lipinski definition) is 3. The zero-order valence-corrected chi connectivity index (χ0v) is 10.7. The SMILES string of the molecule is CCCCCCCCCCO.O=S(=O)(O)O.[NaH]. The summed E-state index contributed by atoms with van der Waals surface area (Å²) in [5.41, 5.74) is 0. The summed E-state index contributed by atoms with van der Waals surface area (Å²) in [4.78, 5) is 0. The Labute approximate surface area is 127 Å². The Balaban J connectivity index is -0.000000280. The molecular weight excluding hydrogens is 255 g/mol. The summed E-state index contributed by atoms with van der Waals surface area (Å²) in [7, 11) is -4.67. The average molecular weight is 280 g/mol. The van der Waals surface area contributed by atoms with E-state index in [1.54, 1.807) is 0 Å². The van der Waals surface area contributed by atoms with E-state index < -0.39 is 10.4 Å². The zero-order valence-electron chi connectivity index (χ0n) is 9.93. The van der Waals surface area contributed by atoms with E-state index in [4.69, 9.17) is 22.6 Å². The van der Waals surface area contributed by atoms with E-state index in [-0.39, 0.29) is 29.6 Å². The molecule has 0 aromatic heterocycles. The van der Waals surface area contributed by atoms with Gasteiger partial charge >= 0.3 is 40.0 Å². The fourth-order valence-electron chi connectivity index (χ4n) is 1.25. The molecule has 0 spiro atoms. The molecule has 0 aromatic carbocycles. The van der Waals surface area contributed by atoms with Crippen molar-refractivity contribution >= 4 is 40.0 Å². The van der Waals surface area contributed by atoms with Gasteiger partial charge in [0.05, 0.1) is 0 Å². The van der Waals surface area contributed by atoms with Crippen LogP contribution in [0.4, 0.5) is 0 Å². The van der Waals surface area contributed by atoms with Gasteiger partial charge in [0.25, 0.3) is 0 Å². The minimum atomic E-state index is -4.67. The van der Waals surface area contributed by atoms with Crippen LogP contribution in [-0.4, -0.2) is 58.8 Å². The summed E-state index contributed by atoms with van der Waals surface area (Å²) in [5.74, 6) is 0. The molecule has 0 unspecified atom stereocenters. The van der Waals surface area contributed by atoms with Gasteiger partial charge in [-0.15, -0.1) is 0 Å². The molecule has 0 saturated carbocycles. The van der Waals surface area contributed by atoms with Gasteiger partial charge in [-0.3, -0.25) is 9.11 Å². The Kier molecular flexibility index (Phi) is 22.7. The predicted molar refractivity (Wildman–Crippen MR) is 71.0 cm³/mol. The second kappa shape index (κ2) is 16.8. The molecule has 0 rings (SSSR count). The van der Waals surface area contributed by atoms with Crippen LogP contribution >= 0.6 is 0 Å². The van der Waals surface area contributed by atoms with Crippen molar-refractivity contribution in [3.05, 3.63) is 0 Å². The molecule has 0 fully saturated rings. The Morgan fingerprint density at radius 2 is 1.12 bits per heavy atom. The number of aliphatic hydroxyl groups is 1. The molecule has 0 aliphatic heterocycles. The van der Waals surface area contributed by atoms with Crippen LogP contribution in [0.2, 0.25) is 0 Å². The van der Waals surface area contributed by atoms with E-state index in [2.05, 4.69) is 6.92 Å². The molecule has 0 atom stereocenters. The topological polar surface area (TPSA) is 94.8 Å². The molecule has 102 valence electrons. The molecule has 7 heteroatoms. The number of aliphatic hydroxyl groups excluding tert-OH is 1. The normalized spacial score (nSPS) is 10.1. The molecule has 0 aromatic rings. The minimum absolute atomic E-state index is 0. The van der Waals surface area contributed by atoms with Crippen LogP contribution < -0.4 is 0 Å². The maximum atomic E-state index is 8.74. The summed E-state index contributed by atoms with van der Waals surface area (Å²) in [5, 5.41) is 8.51. The average Bonchev–Trinajstić information content (AvgIpc) is 2.14. The molecule has 0 aliphatic carbocycles. The van der Waals surface area contributed by atoms with Crippen LogP contribution in [0.15, 0.2) is 0 Å². The van der Waals surface area contributed by atoms with E-state index >= 15 is 0 Å². The van der Waals surface area contributed by atoms with Crippen molar-refractivity contribution in [1.29, 1.82) is 0 Å². The van der Waals surface area contributed by atoms with E-state index in [1.807, 2.05) is 0 Å². The van der Waals surface area contributed by atoms with Gasteiger partial charge < -0.3 is 5.11 Å². The van der Waals surface area contributed by atoms with Gasteiger partial charge in [-0.25, -0.2) is 0 Å². The van der Waals surface area contributed by atoms with Gasteiger partial charge in [-0.05, 0) is 6.42 Å². The van der Waals surface area contributed by atoms with Crippen LogP contribution in [0.5, 0.6) is 0 Å². The quantitative estimate of drug-likeness (QED) is 0.358. The van der Waals surface area contributed by atoms with Crippen molar-refractivity contribution in [3.63, 3.8) is 0 Å². The molecule has 3 N–H and O–H groups in total. The molecule has 0 heterocycles. The van der Waals surface area contributed by atoms with Crippen LogP contribution in [0.25, 0.3) is 0 Å². The van der Waals surface area contributed by atoms with Gasteiger partial charge in [0.15, 0.2) is 0 Å². The van der Waals surface area contributed by atoms with Gasteiger partial charge in [0.2, 0.25) is 0 Å². The van der Waals surface area contributed by atoms with Crippen molar-refractivity contribution < 1.29 is 22.6 Å². The fraction of sp³-hybridized carbons (Fsp3) is 1.00. The van der Waals surface area contributed by atoms with Crippen molar-refractivity contribution in [3.8, 4) is 0 Å². The van der Waals surface area contributed by atoms with Gasteiger partial charge in [0.1, 0.15) is 0 Å². The molecule has 0 radical (unpaired) electrons. The first kappa shape index (κ1) is 23.0. The molecule has 0 bridgehead atoms. The van der Waals surface area contributed by atoms with Crippen LogP contribution in [0.3, 0.4) is 0 Å². The van der Waals surface area contributed by atoms with Crippen molar-refractivity contribution in [1.82, 2.24) is 0 Å².